The second-order valence-electron chi connectivity index (χ2n) is 4.08. The maximum absolute atomic E-state index is 11.0. The van der Waals surface area contributed by atoms with Gasteiger partial charge < -0.3 is 4.90 Å². The van der Waals surface area contributed by atoms with E-state index in [2.05, 4.69) is 9.97 Å². The van der Waals surface area contributed by atoms with E-state index in [1.807, 2.05) is 11.8 Å². The van der Waals surface area contributed by atoms with Crippen molar-refractivity contribution in [1.82, 2.24) is 9.97 Å². The molecule has 1 aromatic rings. The third-order valence-electron chi connectivity index (χ3n) is 2.80. The average Bonchev–Trinajstić information content (AvgIpc) is 3.08. The smallest absolute Gasteiger partial charge is 0.348 e. The van der Waals surface area contributed by atoms with Crippen LogP contribution in [0.4, 0.5) is 11.5 Å². The quantitative estimate of drug-likeness (QED) is 0.459. The van der Waals surface area contributed by atoms with Gasteiger partial charge >= 0.3 is 5.69 Å². The van der Waals surface area contributed by atoms with E-state index in [1.54, 1.807) is 0 Å². The predicted molar refractivity (Wildman–Crippen MR) is 64.3 cm³/mol. The van der Waals surface area contributed by atoms with Crippen molar-refractivity contribution in [1.29, 1.82) is 0 Å². The van der Waals surface area contributed by atoms with E-state index < -0.39 is 4.92 Å². The van der Waals surface area contributed by atoms with Gasteiger partial charge in [-0.1, -0.05) is 11.6 Å². The zero-order valence-electron chi connectivity index (χ0n) is 9.47. The molecule has 7 heteroatoms. The maximum atomic E-state index is 11.0. The molecule has 0 amide bonds. The number of hydrogen-bond donors (Lipinski definition) is 0. The Morgan fingerprint density at radius 2 is 2.29 bits per heavy atom. The monoisotopic (exact) mass is 256 g/mol. The minimum Gasteiger partial charge on any atom is -0.351 e. The Labute approximate surface area is 104 Å². The highest BCUT2D eigenvalue weighted by atomic mass is 35.5. The van der Waals surface area contributed by atoms with Crippen LogP contribution < -0.4 is 4.90 Å². The van der Waals surface area contributed by atoms with Gasteiger partial charge in [0, 0.05) is 13.1 Å². The molecule has 1 aliphatic rings. The summed E-state index contributed by atoms with van der Waals surface area (Å²) in [6, 6.07) is 0. The topological polar surface area (TPSA) is 72.2 Å². The van der Waals surface area contributed by atoms with Crippen molar-refractivity contribution in [3.8, 4) is 0 Å². The number of nitrogens with zero attached hydrogens (tertiary/aromatic N) is 4. The van der Waals surface area contributed by atoms with Crippen molar-refractivity contribution in [2.24, 2.45) is 5.92 Å². The Morgan fingerprint density at radius 1 is 1.59 bits per heavy atom. The molecule has 1 aliphatic carbocycles. The van der Waals surface area contributed by atoms with Crippen LogP contribution in [-0.2, 0) is 0 Å². The molecule has 0 unspecified atom stereocenters. The molecule has 6 nitrogen and oxygen atoms in total. The summed E-state index contributed by atoms with van der Waals surface area (Å²) in [6.07, 6.45) is 3.63. The third-order valence-corrected chi connectivity index (χ3v) is 3.07. The van der Waals surface area contributed by atoms with Gasteiger partial charge in [-0.2, -0.15) is 0 Å². The summed E-state index contributed by atoms with van der Waals surface area (Å²) in [4.78, 5) is 20.0. The summed E-state index contributed by atoms with van der Waals surface area (Å²) in [5.74, 6) is 0.952. The first-order chi connectivity index (χ1) is 8.13. The lowest BCUT2D eigenvalue weighted by Gasteiger charge is -2.21. The van der Waals surface area contributed by atoms with Gasteiger partial charge in [-0.05, 0) is 25.7 Å². The number of aromatic nitrogens is 2. The van der Waals surface area contributed by atoms with Crippen LogP contribution in [0.25, 0.3) is 0 Å². The molecule has 0 N–H and O–H groups in total. The minimum atomic E-state index is -0.521. The predicted octanol–water partition coefficient (Wildman–Crippen LogP) is 2.27. The molecule has 17 heavy (non-hydrogen) atoms. The highest BCUT2D eigenvalue weighted by Crippen LogP contribution is 2.35. The third kappa shape index (κ3) is 2.63. The SMILES string of the molecule is CCN(CC1CC1)c1ncnc(Cl)c1[N+](=O)[O-]. The fourth-order valence-corrected chi connectivity index (χ4v) is 1.91. The van der Waals surface area contributed by atoms with Crippen LogP contribution in [-0.4, -0.2) is 28.0 Å². The Kier molecular flexibility index (Phi) is 3.42. The normalized spacial score (nSPS) is 14.7. The van der Waals surface area contributed by atoms with Gasteiger partial charge in [0.15, 0.2) is 0 Å². The molecule has 0 aliphatic heterocycles. The lowest BCUT2D eigenvalue weighted by molar-refractivity contribution is -0.384. The van der Waals surface area contributed by atoms with Crippen molar-refractivity contribution in [3.63, 3.8) is 0 Å². The molecule has 0 saturated heterocycles. The Balaban J connectivity index is 2.33. The van der Waals surface area contributed by atoms with Gasteiger partial charge in [-0.25, -0.2) is 9.97 Å². The molecule has 0 radical (unpaired) electrons. The van der Waals surface area contributed by atoms with Crippen LogP contribution in [0.5, 0.6) is 0 Å². The molecule has 1 saturated carbocycles. The Bertz CT molecular complexity index is 436. The van der Waals surface area contributed by atoms with Gasteiger partial charge in [0.25, 0.3) is 0 Å². The van der Waals surface area contributed by atoms with Crippen LogP contribution in [0.2, 0.25) is 5.15 Å². The summed E-state index contributed by atoms with van der Waals surface area (Å²) in [5.41, 5.74) is -0.198. The van der Waals surface area contributed by atoms with E-state index >= 15 is 0 Å². The zero-order valence-corrected chi connectivity index (χ0v) is 10.2. The Hall–Kier alpha value is -1.43. The van der Waals surface area contributed by atoms with Gasteiger partial charge in [0.05, 0.1) is 4.92 Å². The summed E-state index contributed by atoms with van der Waals surface area (Å²) < 4.78 is 0. The van der Waals surface area contributed by atoms with E-state index in [-0.39, 0.29) is 10.8 Å². The van der Waals surface area contributed by atoms with Crippen molar-refractivity contribution >= 4 is 23.1 Å². The van der Waals surface area contributed by atoms with Crippen molar-refractivity contribution in [3.05, 3.63) is 21.6 Å². The van der Waals surface area contributed by atoms with E-state index in [1.165, 1.54) is 19.2 Å². The second kappa shape index (κ2) is 4.83. The van der Waals surface area contributed by atoms with Crippen LogP contribution >= 0.6 is 11.6 Å². The van der Waals surface area contributed by atoms with Crippen molar-refractivity contribution < 1.29 is 4.92 Å². The average molecular weight is 257 g/mol. The first-order valence-electron chi connectivity index (χ1n) is 5.53. The van der Waals surface area contributed by atoms with Gasteiger partial charge in [-0.3, -0.25) is 10.1 Å². The lowest BCUT2D eigenvalue weighted by Crippen LogP contribution is -2.27. The van der Waals surface area contributed by atoms with Crippen molar-refractivity contribution in [2.45, 2.75) is 19.8 Å². The largest absolute Gasteiger partial charge is 0.351 e. The van der Waals surface area contributed by atoms with E-state index in [4.69, 9.17) is 11.6 Å². The fourth-order valence-electron chi connectivity index (χ4n) is 1.71. The van der Waals surface area contributed by atoms with Crippen LogP contribution in [0.15, 0.2) is 6.33 Å². The number of rotatable bonds is 5. The molecule has 0 spiro atoms. The Morgan fingerprint density at radius 3 is 2.82 bits per heavy atom. The zero-order chi connectivity index (χ0) is 12.4. The van der Waals surface area contributed by atoms with Gasteiger partial charge in [0.2, 0.25) is 11.0 Å². The first-order valence-corrected chi connectivity index (χ1v) is 5.91. The van der Waals surface area contributed by atoms with Crippen molar-refractivity contribution in [2.75, 3.05) is 18.0 Å². The summed E-state index contributed by atoms with van der Waals surface area (Å²) >= 11 is 5.76. The second-order valence-corrected chi connectivity index (χ2v) is 4.43. The standard InChI is InChI=1S/C10H13ClN4O2/c1-2-14(5-7-3-4-7)10-8(15(16)17)9(11)12-6-13-10/h6-7H,2-5H2,1H3. The molecule has 0 bridgehead atoms. The minimum absolute atomic E-state index is 0.103. The van der Waals surface area contributed by atoms with E-state index in [9.17, 15) is 10.1 Å². The lowest BCUT2D eigenvalue weighted by atomic mass is 10.3. The molecule has 1 fully saturated rings. The highest BCUT2D eigenvalue weighted by molar-refractivity contribution is 6.31. The first kappa shape index (κ1) is 12.0. The number of anilines is 1. The van der Waals surface area contributed by atoms with Gasteiger partial charge in [0.1, 0.15) is 6.33 Å². The summed E-state index contributed by atoms with van der Waals surface area (Å²) in [6.45, 7) is 3.41. The molecule has 92 valence electrons. The molecule has 1 aromatic heterocycles. The molecule has 0 atom stereocenters. The van der Waals surface area contributed by atoms with Crippen LogP contribution in [0, 0.1) is 16.0 Å². The van der Waals surface area contributed by atoms with E-state index in [0.29, 0.717) is 18.3 Å². The molecule has 2 rings (SSSR count). The van der Waals surface area contributed by atoms with E-state index in [0.717, 1.165) is 6.54 Å². The highest BCUT2D eigenvalue weighted by Gasteiger charge is 2.29. The van der Waals surface area contributed by atoms with Crippen LogP contribution in [0.1, 0.15) is 19.8 Å². The summed E-state index contributed by atoms with van der Waals surface area (Å²) in [7, 11) is 0. The van der Waals surface area contributed by atoms with Gasteiger partial charge in [-0.15, -0.1) is 0 Å². The molecular formula is C10H13ClN4O2. The number of nitro groups is 1. The van der Waals surface area contributed by atoms with Crippen LogP contribution in [0.3, 0.4) is 0 Å². The molecule has 1 heterocycles. The fraction of sp³-hybridized carbons (Fsp3) is 0.600. The molecule has 0 aromatic carbocycles. The maximum Gasteiger partial charge on any atom is 0.348 e. The summed E-state index contributed by atoms with van der Waals surface area (Å²) in [5, 5.41) is 10.9. The molecular weight excluding hydrogens is 244 g/mol. The number of hydrogen-bond acceptors (Lipinski definition) is 5. The number of halogens is 1.